The molecule has 0 aliphatic carbocycles. The monoisotopic (exact) mass is 270 g/mol. The molecule has 0 spiro atoms. The van der Waals surface area contributed by atoms with Gasteiger partial charge in [-0.3, -0.25) is 4.79 Å². The van der Waals surface area contributed by atoms with E-state index in [-0.39, 0.29) is 10.6 Å². The van der Waals surface area contributed by atoms with Gasteiger partial charge in [0.1, 0.15) is 11.5 Å². The molecule has 2 N–H and O–H groups in total. The van der Waals surface area contributed by atoms with Gasteiger partial charge < -0.3 is 14.9 Å². The number of hydrogen-bond acceptors (Lipinski definition) is 4. The standard InChI is InChI=1S/C12H11ClO5/c1-2-18-11-4-3-7(5-8(11)13)9(14)6-10(15)12(16)17/h3-6,14H,2H2,1H3,(H,16,17). The molecule has 0 aliphatic rings. The van der Waals surface area contributed by atoms with E-state index in [4.69, 9.17) is 21.4 Å². The van der Waals surface area contributed by atoms with Gasteiger partial charge in [0, 0.05) is 11.6 Å². The van der Waals surface area contributed by atoms with Crippen LogP contribution >= 0.6 is 11.6 Å². The summed E-state index contributed by atoms with van der Waals surface area (Å²) in [6.07, 6.45) is 0.619. The van der Waals surface area contributed by atoms with E-state index in [1.165, 1.54) is 18.2 Å². The van der Waals surface area contributed by atoms with Gasteiger partial charge in [-0.15, -0.1) is 0 Å². The maximum atomic E-state index is 10.9. The number of carbonyl (C=O) groups excluding carboxylic acids is 1. The molecule has 0 radical (unpaired) electrons. The highest BCUT2D eigenvalue weighted by Gasteiger charge is 2.11. The van der Waals surface area contributed by atoms with Crippen molar-refractivity contribution in [1.29, 1.82) is 0 Å². The Morgan fingerprint density at radius 1 is 1.39 bits per heavy atom. The predicted octanol–water partition coefficient (Wildman–Crippen LogP) is 2.29. The first-order valence-corrected chi connectivity index (χ1v) is 5.44. The number of ether oxygens (including phenoxy) is 1. The topological polar surface area (TPSA) is 83.8 Å². The zero-order valence-corrected chi connectivity index (χ0v) is 10.3. The first-order valence-electron chi connectivity index (χ1n) is 5.06. The molecule has 0 saturated carbocycles. The molecule has 96 valence electrons. The minimum atomic E-state index is -1.64. The average Bonchev–Trinajstić information content (AvgIpc) is 2.31. The minimum absolute atomic E-state index is 0.234. The van der Waals surface area contributed by atoms with Crippen LogP contribution in [0.1, 0.15) is 12.5 Å². The highest BCUT2D eigenvalue weighted by atomic mass is 35.5. The number of halogens is 1. The van der Waals surface area contributed by atoms with Crippen molar-refractivity contribution in [3.63, 3.8) is 0 Å². The fourth-order valence-electron chi connectivity index (χ4n) is 1.20. The van der Waals surface area contributed by atoms with Crippen LogP contribution in [-0.4, -0.2) is 28.6 Å². The normalized spacial score (nSPS) is 11.1. The summed E-state index contributed by atoms with van der Waals surface area (Å²) in [5.74, 6) is -2.87. The second-order valence-electron chi connectivity index (χ2n) is 3.28. The van der Waals surface area contributed by atoms with Crippen molar-refractivity contribution in [3.05, 3.63) is 34.9 Å². The van der Waals surface area contributed by atoms with Gasteiger partial charge in [0.2, 0.25) is 0 Å². The Bertz CT molecular complexity index is 507. The molecule has 5 nitrogen and oxygen atoms in total. The molecule has 1 aromatic rings. The molecule has 6 heteroatoms. The number of rotatable bonds is 5. The number of aliphatic carboxylic acids is 1. The van der Waals surface area contributed by atoms with E-state index < -0.39 is 17.5 Å². The van der Waals surface area contributed by atoms with Crippen molar-refractivity contribution in [1.82, 2.24) is 0 Å². The smallest absolute Gasteiger partial charge is 0.376 e. The van der Waals surface area contributed by atoms with Gasteiger partial charge in [-0.05, 0) is 25.1 Å². The number of hydrogen-bond donors (Lipinski definition) is 2. The minimum Gasteiger partial charge on any atom is -0.507 e. The quantitative estimate of drug-likeness (QED) is 0.487. The first kappa shape index (κ1) is 14.1. The molecule has 0 fully saturated rings. The Morgan fingerprint density at radius 3 is 2.56 bits per heavy atom. The van der Waals surface area contributed by atoms with E-state index >= 15 is 0 Å². The Hall–Kier alpha value is -2.01. The van der Waals surface area contributed by atoms with Gasteiger partial charge in [0.15, 0.2) is 0 Å². The van der Waals surface area contributed by atoms with Crippen molar-refractivity contribution in [2.45, 2.75) is 6.92 Å². The van der Waals surface area contributed by atoms with Crippen molar-refractivity contribution in [2.75, 3.05) is 6.61 Å². The maximum Gasteiger partial charge on any atom is 0.376 e. The summed E-state index contributed by atoms with van der Waals surface area (Å²) in [5.41, 5.74) is 0.234. The summed E-state index contributed by atoms with van der Waals surface area (Å²) < 4.78 is 5.20. The van der Waals surface area contributed by atoms with E-state index in [9.17, 15) is 14.7 Å². The maximum absolute atomic E-state index is 10.9. The molecular weight excluding hydrogens is 260 g/mol. The summed E-state index contributed by atoms with van der Waals surface area (Å²) in [5, 5.41) is 18.2. The molecule has 0 heterocycles. The summed E-state index contributed by atoms with van der Waals surface area (Å²) in [6.45, 7) is 2.24. The number of aliphatic hydroxyl groups is 1. The highest BCUT2D eigenvalue weighted by Crippen LogP contribution is 2.27. The van der Waals surface area contributed by atoms with E-state index in [1.807, 2.05) is 0 Å². The van der Waals surface area contributed by atoms with Crippen LogP contribution in [0.4, 0.5) is 0 Å². The molecular formula is C12H11ClO5. The molecule has 0 aliphatic heterocycles. The molecule has 0 bridgehead atoms. The van der Waals surface area contributed by atoms with Crippen LogP contribution < -0.4 is 4.74 Å². The number of benzene rings is 1. The zero-order valence-electron chi connectivity index (χ0n) is 9.51. The molecule has 0 atom stereocenters. The molecule has 1 aromatic carbocycles. The third kappa shape index (κ3) is 3.49. The summed E-state index contributed by atoms with van der Waals surface area (Å²) in [6, 6.07) is 4.38. The van der Waals surface area contributed by atoms with E-state index in [1.54, 1.807) is 6.92 Å². The summed E-state index contributed by atoms with van der Waals surface area (Å²) in [7, 11) is 0. The van der Waals surface area contributed by atoms with E-state index in [0.29, 0.717) is 18.4 Å². The fraction of sp³-hybridized carbons (Fsp3) is 0.167. The van der Waals surface area contributed by atoms with Crippen LogP contribution in [0.3, 0.4) is 0 Å². The van der Waals surface area contributed by atoms with Crippen LogP contribution in [-0.2, 0) is 9.59 Å². The van der Waals surface area contributed by atoms with E-state index in [2.05, 4.69) is 0 Å². The lowest BCUT2D eigenvalue weighted by molar-refractivity contribution is -0.146. The average molecular weight is 271 g/mol. The molecule has 0 aromatic heterocycles. The SMILES string of the molecule is CCOc1ccc(C(O)=CC(=O)C(=O)O)cc1Cl. The predicted molar refractivity (Wildman–Crippen MR) is 65.9 cm³/mol. The van der Waals surface area contributed by atoms with Crippen LogP contribution in [0.25, 0.3) is 5.76 Å². The Labute approximate surface area is 108 Å². The number of aliphatic hydroxyl groups excluding tert-OH is 1. The lowest BCUT2D eigenvalue weighted by Crippen LogP contribution is -2.09. The Balaban J connectivity index is 3.01. The van der Waals surface area contributed by atoms with Gasteiger partial charge >= 0.3 is 5.97 Å². The second-order valence-corrected chi connectivity index (χ2v) is 3.68. The van der Waals surface area contributed by atoms with Gasteiger partial charge in [-0.1, -0.05) is 11.6 Å². The summed E-state index contributed by atoms with van der Waals surface area (Å²) >= 11 is 5.89. The van der Waals surface area contributed by atoms with Crippen LogP contribution in [0.5, 0.6) is 5.75 Å². The number of carboxylic acids is 1. The Morgan fingerprint density at radius 2 is 2.06 bits per heavy atom. The van der Waals surface area contributed by atoms with Crippen molar-refractivity contribution >= 4 is 29.1 Å². The lowest BCUT2D eigenvalue weighted by Gasteiger charge is -2.07. The largest absolute Gasteiger partial charge is 0.507 e. The van der Waals surface area contributed by atoms with Crippen molar-refractivity contribution in [3.8, 4) is 5.75 Å². The molecule has 1 rings (SSSR count). The van der Waals surface area contributed by atoms with Gasteiger partial charge in [-0.2, -0.15) is 0 Å². The van der Waals surface area contributed by atoms with Crippen molar-refractivity contribution in [2.24, 2.45) is 0 Å². The molecule has 0 unspecified atom stereocenters. The third-order valence-corrected chi connectivity index (χ3v) is 2.30. The highest BCUT2D eigenvalue weighted by molar-refractivity contribution is 6.38. The lowest BCUT2D eigenvalue weighted by atomic mass is 10.1. The molecule has 0 amide bonds. The second kappa shape index (κ2) is 6.07. The van der Waals surface area contributed by atoms with Gasteiger partial charge in [0.05, 0.1) is 11.6 Å². The number of carboxylic acid groups (broad SMARTS) is 1. The first-order chi connectivity index (χ1) is 8.45. The zero-order chi connectivity index (χ0) is 13.7. The van der Waals surface area contributed by atoms with Crippen molar-refractivity contribution < 1.29 is 24.5 Å². The van der Waals surface area contributed by atoms with E-state index in [0.717, 1.165) is 0 Å². The van der Waals surface area contributed by atoms with Crippen LogP contribution in [0.15, 0.2) is 24.3 Å². The Kier molecular flexibility index (Phi) is 4.74. The number of ketones is 1. The van der Waals surface area contributed by atoms with Gasteiger partial charge in [0.25, 0.3) is 5.78 Å². The van der Waals surface area contributed by atoms with Gasteiger partial charge in [-0.25, -0.2) is 4.79 Å². The summed E-state index contributed by atoms with van der Waals surface area (Å²) in [4.78, 5) is 21.2. The van der Waals surface area contributed by atoms with Crippen LogP contribution in [0, 0.1) is 0 Å². The third-order valence-electron chi connectivity index (χ3n) is 2.01. The van der Waals surface area contributed by atoms with Crippen LogP contribution in [0.2, 0.25) is 5.02 Å². The number of carbonyl (C=O) groups is 2. The fourth-order valence-corrected chi connectivity index (χ4v) is 1.44. The molecule has 18 heavy (non-hydrogen) atoms. The molecule has 0 saturated heterocycles.